The lowest BCUT2D eigenvalue weighted by atomic mass is 9.87. The van der Waals surface area contributed by atoms with Crippen LogP contribution >= 0.6 is 0 Å². The van der Waals surface area contributed by atoms with Crippen molar-refractivity contribution in [3.05, 3.63) is 29.8 Å². The number of hydrogen-bond donors (Lipinski definition) is 0. The van der Waals surface area contributed by atoms with Crippen LogP contribution in [-0.2, 0) is 25.0 Å². The summed E-state index contributed by atoms with van der Waals surface area (Å²) in [5.74, 6) is 0.0994. The summed E-state index contributed by atoms with van der Waals surface area (Å²) in [5, 5.41) is 0. The zero-order valence-corrected chi connectivity index (χ0v) is 18.7. The Balaban J connectivity index is 1.61. The summed E-state index contributed by atoms with van der Waals surface area (Å²) in [4.78, 5) is 17.0. The first-order valence-electron chi connectivity index (χ1n) is 10.3. The summed E-state index contributed by atoms with van der Waals surface area (Å²) in [6.07, 6.45) is 0. The van der Waals surface area contributed by atoms with Crippen molar-refractivity contribution in [1.82, 2.24) is 14.1 Å². The van der Waals surface area contributed by atoms with E-state index in [4.69, 9.17) is 4.74 Å². The normalized spacial score (nSPS) is 21.2. The monoisotopic (exact) mass is 423 g/mol. The Hall–Kier alpha value is -1.48. The van der Waals surface area contributed by atoms with Crippen molar-refractivity contribution < 1.29 is 17.9 Å². The minimum atomic E-state index is -3.52. The van der Waals surface area contributed by atoms with E-state index in [1.165, 1.54) is 4.31 Å². The molecule has 0 radical (unpaired) electrons. The maximum absolute atomic E-state index is 13.0. The van der Waals surface area contributed by atoms with Crippen molar-refractivity contribution in [2.45, 2.75) is 44.0 Å². The van der Waals surface area contributed by atoms with Gasteiger partial charge in [-0.2, -0.15) is 4.31 Å². The number of morpholine rings is 1. The molecule has 0 bridgehead atoms. The molecule has 162 valence electrons. The van der Waals surface area contributed by atoms with Crippen LogP contribution in [0.5, 0.6) is 0 Å². The smallest absolute Gasteiger partial charge is 0.243 e. The quantitative estimate of drug-likeness (QED) is 0.735. The van der Waals surface area contributed by atoms with Gasteiger partial charge in [0.15, 0.2) is 0 Å². The van der Waals surface area contributed by atoms with Gasteiger partial charge in [0.1, 0.15) is 0 Å². The van der Waals surface area contributed by atoms with Gasteiger partial charge < -0.3 is 9.64 Å². The van der Waals surface area contributed by atoms with Gasteiger partial charge >= 0.3 is 0 Å². The van der Waals surface area contributed by atoms with Gasteiger partial charge in [-0.25, -0.2) is 8.42 Å². The van der Waals surface area contributed by atoms with E-state index in [-0.39, 0.29) is 17.4 Å². The fraction of sp³-hybridized carbons (Fsp3) is 0.667. The zero-order valence-electron chi connectivity index (χ0n) is 17.9. The van der Waals surface area contributed by atoms with Crippen molar-refractivity contribution in [3.63, 3.8) is 0 Å². The molecule has 2 heterocycles. The molecular formula is C21H33N3O4S. The van der Waals surface area contributed by atoms with Crippen LogP contribution in [0.3, 0.4) is 0 Å². The molecule has 29 heavy (non-hydrogen) atoms. The standard InChI is InChI=1S/C21H33N3O4S/c1-17(20(25)23-13-15-28-16-14-23)22-9-11-24(12-10-22)29(26,27)19-7-5-18(6-8-19)21(2,3)4/h5-8,17H,9-16H2,1-4H3. The molecule has 0 spiro atoms. The molecule has 1 aromatic carbocycles. The number of carbonyl (C=O) groups excluding carboxylic acids is 1. The third-order valence-electron chi connectivity index (χ3n) is 5.86. The van der Waals surface area contributed by atoms with Crippen LogP contribution in [0.15, 0.2) is 29.2 Å². The van der Waals surface area contributed by atoms with Crippen LogP contribution in [0.4, 0.5) is 0 Å². The van der Waals surface area contributed by atoms with Crippen LogP contribution in [0.25, 0.3) is 0 Å². The number of amides is 1. The zero-order chi connectivity index (χ0) is 21.2. The molecule has 0 N–H and O–H groups in total. The van der Waals surface area contributed by atoms with E-state index < -0.39 is 10.0 Å². The van der Waals surface area contributed by atoms with Crippen molar-refractivity contribution in [1.29, 1.82) is 0 Å². The summed E-state index contributed by atoms with van der Waals surface area (Å²) in [7, 11) is -3.52. The Labute approximate surface area is 174 Å². The molecule has 8 heteroatoms. The summed E-state index contributed by atoms with van der Waals surface area (Å²) in [6, 6.07) is 6.95. The summed E-state index contributed by atoms with van der Waals surface area (Å²) < 4.78 is 32.9. The summed E-state index contributed by atoms with van der Waals surface area (Å²) in [5.41, 5.74) is 1.09. The molecule has 2 aliphatic rings. The molecule has 1 atom stereocenters. The van der Waals surface area contributed by atoms with Crippen LogP contribution in [0, 0.1) is 0 Å². The van der Waals surface area contributed by atoms with Crippen LogP contribution < -0.4 is 0 Å². The van der Waals surface area contributed by atoms with Crippen molar-refractivity contribution in [3.8, 4) is 0 Å². The molecule has 1 amide bonds. The molecule has 7 nitrogen and oxygen atoms in total. The van der Waals surface area contributed by atoms with E-state index in [0.717, 1.165) is 5.56 Å². The lowest BCUT2D eigenvalue weighted by Gasteiger charge is -2.39. The molecule has 1 aromatic rings. The van der Waals surface area contributed by atoms with Gasteiger partial charge in [0.05, 0.1) is 24.2 Å². The molecule has 2 saturated heterocycles. The molecule has 2 fully saturated rings. The van der Waals surface area contributed by atoms with Crippen molar-refractivity contribution >= 4 is 15.9 Å². The Bertz CT molecular complexity index is 803. The maximum Gasteiger partial charge on any atom is 0.243 e. The van der Waals surface area contributed by atoms with E-state index in [2.05, 4.69) is 25.7 Å². The number of benzene rings is 1. The van der Waals surface area contributed by atoms with Crippen molar-refractivity contribution in [2.24, 2.45) is 0 Å². The Morgan fingerprint density at radius 3 is 2.03 bits per heavy atom. The lowest BCUT2D eigenvalue weighted by Crippen LogP contribution is -2.56. The van der Waals surface area contributed by atoms with Gasteiger partial charge in [-0.05, 0) is 30.0 Å². The van der Waals surface area contributed by atoms with Gasteiger partial charge in [0, 0.05) is 39.3 Å². The number of nitrogens with zero attached hydrogens (tertiary/aromatic N) is 3. The maximum atomic E-state index is 13.0. The number of hydrogen-bond acceptors (Lipinski definition) is 5. The third-order valence-corrected chi connectivity index (χ3v) is 7.77. The van der Waals surface area contributed by atoms with E-state index >= 15 is 0 Å². The Kier molecular flexibility index (Phi) is 6.67. The molecule has 0 aromatic heterocycles. The number of rotatable bonds is 4. The number of carbonyl (C=O) groups is 1. The first-order chi connectivity index (χ1) is 13.6. The van der Waals surface area contributed by atoms with Crippen LogP contribution in [-0.4, -0.2) is 87.0 Å². The van der Waals surface area contributed by atoms with Gasteiger partial charge in [-0.1, -0.05) is 32.9 Å². The van der Waals surface area contributed by atoms with Gasteiger partial charge in [-0.3, -0.25) is 9.69 Å². The molecular weight excluding hydrogens is 390 g/mol. The fourth-order valence-electron chi connectivity index (χ4n) is 3.81. The van der Waals surface area contributed by atoms with Gasteiger partial charge in [-0.15, -0.1) is 0 Å². The molecule has 3 rings (SSSR count). The minimum absolute atomic E-state index is 0.0168. The first-order valence-corrected chi connectivity index (χ1v) is 11.8. The van der Waals surface area contributed by atoms with Gasteiger partial charge in [0.2, 0.25) is 15.9 Å². The highest BCUT2D eigenvalue weighted by atomic mass is 32.2. The highest BCUT2D eigenvalue weighted by Crippen LogP contribution is 2.25. The SMILES string of the molecule is CC(C(=O)N1CCOCC1)N1CCN(S(=O)(=O)c2ccc(C(C)(C)C)cc2)CC1. The van der Waals surface area contributed by atoms with E-state index in [9.17, 15) is 13.2 Å². The minimum Gasteiger partial charge on any atom is -0.378 e. The third kappa shape index (κ3) is 4.99. The van der Waals surface area contributed by atoms with Crippen LogP contribution in [0.2, 0.25) is 0 Å². The largest absolute Gasteiger partial charge is 0.378 e. The summed E-state index contributed by atoms with van der Waals surface area (Å²) >= 11 is 0. The second kappa shape index (κ2) is 8.71. The predicted molar refractivity (Wildman–Crippen MR) is 112 cm³/mol. The molecule has 0 aliphatic carbocycles. The topological polar surface area (TPSA) is 70.2 Å². The number of ether oxygens (including phenoxy) is 1. The number of sulfonamides is 1. The molecule has 2 aliphatic heterocycles. The first kappa shape index (κ1) is 22.2. The highest BCUT2D eigenvalue weighted by molar-refractivity contribution is 7.89. The van der Waals surface area contributed by atoms with Crippen LogP contribution in [0.1, 0.15) is 33.3 Å². The van der Waals surface area contributed by atoms with Crippen molar-refractivity contribution in [2.75, 3.05) is 52.5 Å². The second-order valence-electron chi connectivity index (χ2n) is 8.83. The van der Waals surface area contributed by atoms with E-state index in [1.54, 1.807) is 12.1 Å². The average Bonchev–Trinajstić information content (AvgIpc) is 2.73. The second-order valence-corrected chi connectivity index (χ2v) is 10.8. The predicted octanol–water partition coefficient (Wildman–Crippen LogP) is 1.54. The summed E-state index contributed by atoms with van der Waals surface area (Å²) in [6.45, 7) is 12.5. The highest BCUT2D eigenvalue weighted by Gasteiger charge is 2.33. The molecule has 0 saturated carbocycles. The van der Waals surface area contributed by atoms with E-state index in [0.29, 0.717) is 57.4 Å². The average molecular weight is 424 g/mol. The number of piperazine rings is 1. The molecule has 1 unspecified atom stereocenters. The van der Waals surface area contributed by atoms with Gasteiger partial charge in [0.25, 0.3) is 0 Å². The Morgan fingerprint density at radius 1 is 0.966 bits per heavy atom. The lowest BCUT2D eigenvalue weighted by molar-refractivity contribution is -0.140. The van der Waals surface area contributed by atoms with E-state index in [1.807, 2.05) is 24.0 Å². The fourth-order valence-corrected chi connectivity index (χ4v) is 5.23. The Morgan fingerprint density at radius 2 is 1.52 bits per heavy atom.